The van der Waals surface area contributed by atoms with Gasteiger partial charge in [-0.25, -0.2) is 0 Å². The molecule has 1 saturated heterocycles. The highest BCUT2D eigenvalue weighted by Crippen LogP contribution is 2.39. The van der Waals surface area contributed by atoms with Crippen molar-refractivity contribution in [2.45, 2.75) is 71.0 Å². The summed E-state index contributed by atoms with van der Waals surface area (Å²) in [7, 11) is 3.31. The standard InChI is InChI=1S/C35H42N2O8/c1-22(43-23(2)39)34(40)36-18-24-5-11-27(12-6-24)35-44-30(17-31(45-35)26-9-7-25(21-38)8-10-26)20-37-14-13-28-15-32(41-3)33(42-4)16-29(28)19-37/h5-12,15-16,22,30-31,35,38H,13-14,17-21H2,1-4H3,(H,36,40)/t22-,30+,31-,35-/m0/s1. The molecular weight excluding hydrogens is 576 g/mol. The van der Waals surface area contributed by atoms with E-state index in [0.717, 1.165) is 59.8 Å². The number of hydrogen-bond donors (Lipinski definition) is 2. The molecule has 3 aromatic rings. The maximum absolute atomic E-state index is 12.2. The lowest BCUT2D eigenvalue weighted by Gasteiger charge is -2.39. The number of rotatable bonds is 11. The predicted octanol–water partition coefficient (Wildman–Crippen LogP) is 4.37. The third-order valence-corrected chi connectivity index (χ3v) is 8.30. The van der Waals surface area contributed by atoms with Gasteiger partial charge in [-0.2, -0.15) is 0 Å². The number of carbonyl (C=O) groups excluding carboxylic acids is 2. The molecule has 4 atom stereocenters. The predicted molar refractivity (Wildman–Crippen MR) is 166 cm³/mol. The number of nitrogens with zero attached hydrogens (tertiary/aromatic N) is 1. The Kier molecular flexibility index (Phi) is 10.7. The normalized spacial score (nSPS) is 20.5. The lowest BCUT2D eigenvalue weighted by molar-refractivity contribution is -0.253. The van der Waals surface area contributed by atoms with Crippen LogP contribution in [0.4, 0.5) is 0 Å². The molecule has 2 aliphatic heterocycles. The largest absolute Gasteiger partial charge is 0.493 e. The molecule has 240 valence electrons. The van der Waals surface area contributed by atoms with Crippen molar-refractivity contribution in [3.05, 3.63) is 94.0 Å². The van der Waals surface area contributed by atoms with E-state index in [-0.39, 0.29) is 24.7 Å². The molecule has 1 fully saturated rings. The monoisotopic (exact) mass is 618 g/mol. The van der Waals surface area contributed by atoms with Gasteiger partial charge in [0.2, 0.25) is 0 Å². The summed E-state index contributed by atoms with van der Waals surface area (Å²) >= 11 is 0. The van der Waals surface area contributed by atoms with Crippen molar-refractivity contribution in [3.8, 4) is 11.5 Å². The summed E-state index contributed by atoms with van der Waals surface area (Å²) in [6.45, 7) is 5.53. The number of benzene rings is 3. The first-order valence-electron chi connectivity index (χ1n) is 15.3. The lowest BCUT2D eigenvalue weighted by Crippen LogP contribution is -2.41. The van der Waals surface area contributed by atoms with Crippen LogP contribution in [0.2, 0.25) is 0 Å². The number of fused-ring (bicyclic) bond motifs is 1. The number of nitrogens with one attached hydrogen (secondary N) is 1. The molecule has 0 bridgehead atoms. The number of esters is 1. The minimum Gasteiger partial charge on any atom is -0.493 e. The molecule has 1 amide bonds. The van der Waals surface area contributed by atoms with Crippen LogP contribution in [0.25, 0.3) is 0 Å². The van der Waals surface area contributed by atoms with Gasteiger partial charge in [0.1, 0.15) is 0 Å². The van der Waals surface area contributed by atoms with Crippen LogP contribution in [0.15, 0.2) is 60.7 Å². The van der Waals surface area contributed by atoms with Gasteiger partial charge in [0.25, 0.3) is 5.91 Å². The van der Waals surface area contributed by atoms with Gasteiger partial charge in [-0.05, 0) is 53.3 Å². The summed E-state index contributed by atoms with van der Waals surface area (Å²) in [4.78, 5) is 25.8. The first-order valence-corrected chi connectivity index (χ1v) is 15.3. The van der Waals surface area contributed by atoms with E-state index in [4.69, 9.17) is 23.7 Å². The van der Waals surface area contributed by atoms with Crippen molar-refractivity contribution in [2.24, 2.45) is 0 Å². The highest BCUT2D eigenvalue weighted by molar-refractivity contribution is 5.82. The minimum absolute atomic E-state index is 0.0112. The van der Waals surface area contributed by atoms with Crippen LogP contribution in [0.1, 0.15) is 66.0 Å². The Labute approximate surface area is 264 Å². The molecule has 0 unspecified atom stereocenters. The first-order chi connectivity index (χ1) is 21.8. The molecule has 2 N–H and O–H groups in total. The van der Waals surface area contributed by atoms with Gasteiger partial charge in [0.05, 0.1) is 33.0 Å². The van der Waals surface area contributed by atoms with Crippen molar-refractivity contribution < 1.29 is 38.4 Å². The Balaban J connectivity index is 1.29. The Hall–Kier alpha value is -3.96. The number of aliphatic hydroxyl groups is 1. The number of aliphatic hydroxyl groups excluding tert-OH is 1. The smallest absolute Gasteiger partial charge is 0.303 e. The zero-order valence-corrected chi connectivity index (χ0v) is 26.3. The number of ether oxygens (including phenoxy) is 5. The van der Waals surface area contributed by atoms with Crippen molar-refractivity contribution in [2.75, 3.05) is 27.3 Å². The van der Waals surface area contributed by atoms with Crippen LogP contribution in [0, 0.1) is 0 Å². The molecular formula is C35H42N2O8. The lowest BCUT2D eigenvalue weighted by atomic mass is 9.97. The maximum atomic E-state index is 12.2. The Bertz CT molecular complexity index is 1460. The van der Waals surface area contributed by atoms with Crippen molar-refractivity contribution in [3.63, 3.8) is 0 Å². The highest BCUT2D eigenvalue weighted by Gasteiger charge is 2.34. The second kappa shape index (κ2) is 14.9. The van der Waals surface area contributed by atoms with Gasteiger partial charge in [0.15, 0.2) is 23.9 Å². The number of methoxy groups -OCH3 is 2. The fourth-order valence-corrected chi connectivity index (χ4v) is 5.85. The zero-order chi connectivity index (χ0) is 31.9. The fraction of sp³-hybridized carbons (Fsp3) is 0.429. The van der Waals surface area contributed by atoms with Crippen LogP contribution < -0.4 is 14.8 Å². The van der Waals surface area contributed by atoms with E-state index in [2.05, 4.69) is 22.3 Å². The molecule has 3 aromatic carbocycles. The summed E-state index contributed by atoms with van der Waals surface area (Å²) in [5, 5.41) is 12.3. The van der Waals surface area contributed by atoms with E-state index < -0.39 is 18.4 Å². The van der Waals surface area contributed by atoms with Crippen LogP contribution in [-0.4, -0.2) is 61.4 Å². The molecule has 0 aliphatic carbocycles. The van der Waals surface area contributed by atoms with Crippen LogP contribution in [0.3, 0.4) is 0 Å². The molecule has 2 heterocycles. The van der Waals surface area contributed by atoms with E-state index in [1.165, 1.54) is 18.1 Å². The average molecular weight is 619 g/mol. The third kappa shape index (κ3) is 8.20. The summed E-state index contributed by atoms with van der Waals surface area (Å²) in [5.41, 5.74) is 6.15. The van der Waals surface area contributed by atoms with E-state index in [1.54, 1.807) is 21.1 Å². The Morgan fingerprint density at radius 3 is 2.24 bits per heavy atom. The molecule has 0 radical (unpaired) electrons. The van der Waals surface area contributed by atoms with Crippen molar-refractivity contribution in [1.29, 1.82) is 0 Å². The average Bonchev–Trinajstić information content (AvgIpc) is 3.06. The van der Waals surface area contributed by atoms with Crippen LogP contribution >= 0.6 is 0 Å². The van der Waals surface area contributed by atoms with E-state index in [9.17, 15) is 14.7 Å². The summed E-state index contributed by atoms with van der Waals surface area (Å²) in [6.07, 6.45) is -0.120. The Morgan fingerprint density at radius 2 is 1.60 bits per heavy atom. The van der Waals surface area contributed by atoms with Crippen molar-refractivity contribution in [1.82, 2.24) is 10.2 Å². The van der Waals surface area contributed by atoms with Gasteiger partial charge >= 0.3 is 5.97 Å². The van der Waals surface area contributed by atoms with E-state index >= 15 is 0 Å². The van der Waals surface area contributed by atoms with Gasteiger partial charge in [-0.15, -0.1) is 0 Å². The van der Waals surface area contributed by atoms with Gasteiger partial charge in [0, 0.05) is 45.1 Å². The van der Waals surface area contributed by atoms with E-state index in [1.807, 2.05) is 48.5 Å². The minimum atomic E-state index is -0.857. The quantitative estimate of drug-likeness (QED) is 0.302. The zero-order valence-electron chi connectivity index (χ0n) is 26.3. The van der Waals surface area contributed by atoms with Crippen LogP contribution in [0.5, 0.6) is 11.5 Å². The molecule has 2 aliphatic rings. The second-order valence-electron chi connectivity index (χ2n) is 11.5. The molecule has 0 saturated carbocycles. The highest BCUT2D eigenvalue weighted by atomic mass is 16.7. The third-order valence-electron chi connectivity index (χ3n) is 8.30. The number of amides is 1. The first kappa shape index (κ1) is 32.4. The van der Waals surface area contributed by atoms with Gasteiger partial charge < -0.3 is 34.1 Å². The SMILES string of the molecule is COc1cc2c(cc1OC)CN(C[C@H]1C[C@@H](c3ccc(CO)cc3)O[C@@H](c3ccc(CNC(=O)[C@H](C)OC(C)=O)cc3)O1)CC2. The molecule has 10 heteroatoms. The molecule has 0 aromatic heterocycles. The van der Waals surface area contributed by atoms with Crippen molar-refractivity contribution >= 4 is 11.9 Å². The van der Waals surface area contributed by atoms with Gasteiger partial charge in [-0.1, -0.05) is 48.5 Å². The van der Waals surface area contributed by atoms with E-state index in [0.29, 0.717) is 13.0 Å². The van der Waals surface area contributed by atoms with Gasteiger partial charge in [-0.3, -0.25) is 14.5 Å². The molecule has 5 rings (SSSR count). The maximum Gasteiger partial charge on any atom is 0.303 e. The molecule has 10 nitrogen and oxygen atoms in total. The summed E-state index contributed by atoms with van der Waals surface area (Å²) < 4.78 is 29.1. The molecule has 0 spiro atoms. The summed E-state index contributed by atoms with van der Waals surface area (Å²) in [6, 6.07) is 19.8. The number of carbonyl (C=O) groups is 2. The molecule has 45 heavy (non-hydrogen) atoms. The topological polar surface area (TPSA) is 116 Å². The fourth-order valence-electron chi connectivity index (χ4n) is 5.85. The second-order valence-corrected chi connectivity index (χ2v) is 11.5. The Morgan fingerprint density at radius 1 is 0.956 bits per heavy atom. The summed E-state index contributed by atoms with van der Waals surface area (Å²) in [5.74, 6) is 0.625. The number of hydrogen-bond acceptors (Lipinski definition) is 9. The van der Waals surface area contributed by atoms with Crippen LogP contribution in [-0.2, 0) is 49.9 Å².